The van der Waals surface area contributed by atoms with Crippen LogP contribution in [0.25, 0.3) is 11.0 Å². The minimum atomic E-state index is 0.0251. The van der Waals surface area contributed by atoms with Crippen LogP contribution in [0.2, 0.25) is 0 Å². The van der Waals surface area contributed by atoms with Gasteiger partial charge in [-0.3, -0.25) is 0 Å². The fraction of sp³-hybridized carbons (Fsp3) is 0.529. The largest absolute Gasteiger partial charge is 0.459 e. The van der Waals surface area contributed by atoms with Gasteiger partial charge in [0.15, 0.2) is 0 Å². The van der Waals surface area contributed by atoms with Crippen molar-refractivity contribution in [2.75, 3.05) is 14.2 Å². The molecule has 2 atom stereocenters. The molecule has 0 saturated carbocycles. The van der Waals surface area contributed by atoms with E-state index in [1.165, 1.54) is 5.56 Å². The normalized spacial score (nSPS) is 15.5. The fourth-order valence-electron chi connectivity index (χ4n) is 2.77. The van der Waals surface area contributed by atoms with Crippen molar-refractivity contribution in [1.29, 1.82) is 0 Å². The van der Waals surface area contributed by atoms with Gasteiger partial charge in [0.25, 0.3) is 0 Å². The van der Waals surface area contributed by atoms with Crippen LogP contribution in [-0.2, 0) is 4.74 Å². The van der Waals surface area contributed by atoms with Crippen LogP contribution in [0.5, 0.6) is 0 Å². The van der Waals surface area contributed by atoms with Crippen LogP contribution >= 0.6 is 0 Å². The molecule has 3 heteroatoms. The predicted molar refractivity (Wildman–Crippen MR) is 83.0 cm³/mol. The summed E-state index contributed by atoms with van der Waals surface area (Å²) in [5.41, 5.74) is 2.19. The molecular weight excluding hydrogens is 250 g/mol. The van der Waals surface area contributed by atoms with E-state index in [4.69, 9.17) is 9.15 Å². The summed E-state index contributed by atoms with van der Waals surface area (Å²) in [6, 6.07) is 8.39. The number of methoxy groups -OCH3 is 1. The molecule has 0 fully saturated rings. The summed E-state index contributed by atoms with van der Waals surface area (Å²) in [4.78, 5) is 0. The van der Waals surface area contributed by atoms with E-state index < -0.39 is 0 Å². The highest BCUT2D eigenvalue weighted by molar-refractivity contribution is 5.78. The zero-order chi connectivity index (χ0) is 14.9. The van der Waals surface area contributed by atoms with Crippen LogP contribution in [-0.4, -0.2) is 20.3 Å². The van der Waals surface area contributed by atoms with E-state index in [0.717, 1.165) is 16.7 Å². The van der Waals surface area contributed by atoms with Crippen molar-refractivity contribution in [2.24, 2.45) is 5.41 Å². The number of likely N-dealkylation sites (N-methyl/N-ethyl adjacent to an activating group) is 1. The van der Waals surface area contributed by atoms with E-state index in [0.29, 0.717) is 0 Å². The monoisotopic (exact) mass is 275 g/mol. The van der Waals surface area contributed by atoms with Gasteiger partial charge in [0.05, 0.1) is 12.1 Å². The van der Waals surface area contributed by atoms with Crippen LogP contribution in [0.4, 0.5) is 0 Å². The van der Waals surface area contributed by atoms with Crippen molar-refractivity contribution in [1.82, 2.24) is 5.32 Å². The molecule has 2 unspecified atom stereocenters. The molecule has 0 aliphatic carbocycles. The first-order valence-corrected chi connectivity index (χ1v) is 7.07. The van der Waals surface area contributed by atoms with Gasteiger partial charge < -0.3 is 14.5 Å². The number of aryl methyl sites for hydroxylation is 1. The van der Waals surface area contributed by atoms with E-state index in [1.54, 1.807) is 7.11 Å². The summed E-state index contributed by atoms with van der Waals surface area (Å²) >= 11 is 0. The number of ether oxygens (including phenoxy) is 1. The Balaban J connectivity index is 2.43. The van der Waals surface area contributed by atoms with E-state index in [2.05, 4.69) is 51.2 Å². The van der Waals surface area contributed by atoms with Crippen LogP contribution in [0, 0.1) is 12.3 Å². The molecule has 1 N–H and O–H groups in total. The fourth-order valence-corrected chi connectivity index (χ4v) is 2.77. The summed E-state index contributed by atoms with van der Waals surface area (Å²) in [5, 5.41) is 4.48. The molecule has 20 heavy (non-hydrogen) atoms. The predicted octanol–water partition coefficient (Wildman–Crippen LogP) is 4.06. The number of nitrogens with one attached hydrogen (secondary N) is 1. The highest BCUT2D eigenvalue weighted by Gasteiger charge is 2.34. The number of rotatable bonds is 4. The average Bonchev–Trinajstić information content (AvgIpc) is 2.76. The Kier molecular flexibility index (Phi) is 4.21. The number of furan rings is 1. The highest BCUT2D eigenvalue weighted by Crippen LogP contribution is 2.34. The summed E-state index contributed by atoms with van der Waals surface area (Å²) in [6.45, 7) is 8.63. The Morgan fingerprint density at radius 3 is 2.45 bits per heavy atom. The van der Waals surface area contributed by atoms with E-state index in [1.807, 2.05) is 13.1 Å². The SMILES string of the molecule is CNC(c1cc2cc(C)ccc2o1)C(OC)C(C)(C)C. The number of hydrogen-bond donors (Lipinski definition) is 1. The molecule has 110 valence electrons. The smallest absolute Gasteiger partial charge is 0.134 e. The quantitative estimate of drug-likeness (QED) is 0.913. The van der Waals surface area contributed by atoms with Crippen LogP contribution in [0.15, 0.2) is 28.7 Å². The van der Waals surface area contributed by atoms with Crippen molar-refractivity contribution in [3.05, 3.63) is 35.6 Å². The maximum atomic E-state index is 6.01. The summed E-state index contributed by atoms with van der Waals surface area (Å²) in [6.07, 6.45) is 0.0363. The lowest BCUT2D eigenvalue weighted by Crippen LogP contribution is -2.40. The Labute approximate surface area is 121 Å². The van der Waals surface area contributed by atoms with E-state index >= 15 is 0 Å². The van der Waals surface area contributed by atoms with Gasteiger partial charge in [0.1, 0.15) is 11.3 Å². The third-order valence-corrected chi connectivity index (χ3v) is 3.72. The molecule has 3 nitrogen and oxygen atoms in total. The second kappa shape index (κ2) is 5.58. The zero-order valence-corrected chi connectivity index (χ0v) is 13.3. The van der Waals surface area contributed by atoms with Gasteiger partial charge >= 0.3 is 0 Å². The number of benzene rings is 1. The molecule has 1 heterocycles. The van der Waals surface area contributed by atoms with Gasteiger partial charge in [-0.25, -0.2) is 0 Å². The van der Waals surface area contributed by atoms with Gasteiger partial charge in [-0.2, -0.15) is 0 Å². The number of fused-ring (bicyclic) bond motifs is 1. The molecule has 0 amide bonds. The first-order chi connectivity index (χ1) is 9.36. The van der Waals surface area contributed by atoms with E-state index in [9.17, 15) is 0 Å². The molecule has 0 bridgehead atoms. The Hall–Kier alpha value is -1.32. The summed E-state index contributed by atoms with van der Waals surface area (Å²) in [7, 11) is 3.70. The molecule has 0 radical (unpaired) electrons. The second-order valence-electron chi connectivity index (χ2n) is 6.48. The average molecular weight is 275 g/mol. The van der Waals surface area contributed by atoms with Crippen molar-refractivity contribution >= 4 is 11.0 Å². The van der Waals surface area contributed by atoms with Crippen LogP contribution in [0.3, 0.4) is 0 Å². The lowest BCUT2D eigenvalue weighted by atomic mass is 9.83. The highest BCUT2D eigenvalue weighted by atomic mass is 16.5. The number of hydrogen-bond acceptors (Lipinski definition) is 3. The van der Waals surface area contributed by atoms with Crippen LogP contribution in [0.1, 0.15) is 38.1 Å². The molecule has 1 aromatic heterocycles. The first-order valence-electron chi connectivity index (χ1n) is 7.07. The maximum absolute atomic E-state index is 6.01. The van der Waals surface area contributed by atoms with E-state index in [-0.39, 0.29) is 17.6 Å². The van der Waals surface area contributed by atoms with Crippen molar-refractivity contribution < 1.29 is 9.15 Å². The third-order valence-electron chi connectivity index (χ3n) is 3.72. The Morgan fingerprint density at radius 1 is 1.20 bits per heavy atom. The first kappa shape index (κ1) is 15.1. The minimum Gasteiger partial charge on any atom is -0.459 e. The molecule has 0 saturated heterocycles. The third kappa shape index (κ3) is 2.89. The second-order valence-corrected chi connectivity index (χ2v) is 6.48. The van der Waals surface area contributed by atoms with Gasteiger partial charge in [0.2, 0.25) is 0 Å². The zero-order valence-electron chi connectivity index (χ0n) is 13.3. The minimum absolute atomic E-state index is 0.0251. The molecule has 2 aromatic rings. The lowest BCUT2D eigenvalue weighted by Gasteiger charge is -2.34. The van der Waals surface area contributed by atoms with Crippen molar-refractivity contribution in [3.8, 4) is 0 Å². The van der Waals surface area contributed by atoms with Gasteiger partial charge in [0, 0.05) is 12.5 Å². The molecule has 2 rings (SSSR count). The molecule has 1 aromatic carbocycles. The van der Waals surface area contributed by atoms with Gasteiger partial charge in [-0.15, -0.1) is 0 Å². The Morgan fingerprint density at radius 2 is 1.90 bits per heavy atom. The summed E-state index contributed by atoms with van der Waals surface area (Å²) in [5.74, 6) is 0.926. The van der Waals surface area contributed by atoms with Crippen molar-refractivity contribution in [3.63, 3.8) is 0 Å². The maximum Gasteiger partial charge on any atom is 0.134 e. The topological polar surface area (TPSA) is 34.4 Å². The summed E-state index contributed by atoms with van der Waals surface area (Å²) < 4.78 is 11.7. The van der Waals surface area contributed by atoms with Gasteiger partial charge in [-0.1, -0.05) is 32.4 Å². The van der Waals surface area contributed by atoms with Crippen LogP contribution < -0.4 is 5.32 Å². The van der Waals surface area contributed by atoms with Gasteiger partial charge in [-0.05, 0) is 37.6 Å². The molecule has 0 aliphatic rings. The standard InChI is InChI=1S/C17H25NO2/c1-11-7-8-13-12(9-11)10-14(20-13)15(18-5)16(19-6)17(2,3)4/h7-10,15-16,18H,1-6H3. The molecule has 0 aliphatic heterocycles. The molecular formula is C17H25NO2. The lowest BCUT2D eigenvalue weighted by molar-refractivity contribution is -0.0148. The Bertz CT molecular complexity index is 580. The van der Waals surface area contributed by atoms with Crippen molar-refractivity contribution in [2.45, 2.75) is 39.8 Å². The molecule has 0 spiro atoms.